The van der Waals surface area contributed by atoms with E-state index in [1.54, 1.807) is 12.1 Å². The molecule has 0 aliphatic rings. The normalized spacial score (nSPS) is 10.0. The molecule has 3 amide bonds. The van der Waals surface area contributed by atoms with Crippen LogP contribution in [0.2, 0.25) is 0 Å². The molecule has 21 heavy (non-hydrogen) atoms. The molecule has 1 aromatic carbocycles. The zero-order chi connectivity index (χ0) is 15.8. The Kier molecular flexibility index (Phi) is 6.35. The Balaban J connectivity index is 2.49. The molecule has 7 heteroatoms. The quantitative estimate of drug-likeness (QED) is 0.816. The van der Waals surface area contributed by atoms with Crippen LogP contribution in [0.15, 0.2) is 24.3 Å². The lowest BCUT2D eigenvalue weighted by molar-refractivity contribution is -0.143. The number of hydrogen-bond acceptors (Lipinski definition) is 4. The van der Waals surface area contributed by atoms with Crippen LogP contribution in [0, 0.1) is 0 Å². The van der Waals surface area contributed by atoms with E-state index in [1.807, 2.05) is 19.1 Å². The molecule has 0 radical (unpaired) electrons. The van der Waals surface area contributed by atoms with Crippen molar-refractivity contribution < 1.29 is 24.2 Å². The van der Waals surface area contributed by atoms with Gasteiger partial charge in [-0.3, -0.25) is 15.0 Å². The summed E-state index contributed by atoms with van der Waals surface area (Å²) >= 11 is 0. The number of aryl methyl sites for hydroxylation is 1. The number of rotatable bonds is 6. The second-order valence-corrected chi connectivity index (χ2v) is 4.32. The fourth-order valence-corrected chi connectivity index (χ4v) is 1.54. The molecule has 0 aromatic heterocycles. The highest BCUT2D eigenvalue weighted by Gasteiger charge is 2.14. The highest BCUT2D eigenvalue weighted by molar-refractivity contribution is 6.02. The molecule has 0 saturated carbocycles. The van der Waals surface area contributed by atoms with Crippen molar-refractivity contribution in [2.24, 2.45) is 0 Å². The van der Waals surface area contributed by atoms with Crippen LogP contribution in [-0.2, 0) is 20.7 Å². The third-order valence-corrected chi connectivity index (χ3v) is 2.74. The summed E-state index contributed by atoms with van der Waals surface area (Å²) in [6.07, 6.45) is 0.898. The summed E-state index contributed by atoms with van der Waals surface area (Å²) in [7, 11) is 1.53. The van der Waals surface area contributed by atoms with Gasteiger partial charge in [-0.05, 0) is 24.1 Å². The Bertz CT molecular complexity index is 513. The van der Waals surface area contributed by atoms with E-state index in [9.17, 15) is 14.4 Å². The number of hydrogen-bond donors (Lipinski definition) is 2. The van der Waals surface area contributed by atoms with Crippen LogP contribution in [0.4, 0.5) is 10.5 Å². The zero-order valence-electron chi connectivity index (χ0n) is 12.0. The zero-order valence-corrected chi connectivity index (χ0v) is 12.0. The number of anilines is 1. The third-order valence-electron chi connectivity index (χ3n) is 2.74. The average molecular weight is 294 g/mol. The van der Waals surface area contributed by atoms with E-state index in [1.165, 1.54) is 11.9 Å². The summed E-state index contributed by atoms with van der Waals surface area (Å²) in [5.41, 5.74) is 1.79. The maximum Gasteiger partial charge on any atom is 0.329 e. The molecule has 0 aliphatic carbocycles. The Labute approximate surface area is 122 Å². The van der Waals surface area contributed by atoms with E-state index in [-0.39, 0.29) is 0 Å². The predicted octanol–water partition coefficient (Wildman–Crippen LogP) is 1.02. The molecule has 2 N–H and O–H groups in total. The van der Waals surface area contributed by atoms with E-state index in [4.69, 9.17) is 5.11 Å². The Hall–Kier alpha value is -2.41. The number of nitrogens with one attached hydrogen (secondary N) is 1. The van der Waals surface area contributed by atoms with Crippen molar-refractivity contribution in [3.63, 3.8) is 0 Å². The van der Waals surface area contributed by atoms with Crippen molar-refractivity contribution in [3.05, 3.63) is 29.8 Å². The number of aliphatic carboxylic acids is 1. The van der Waals surface area contributed by atoms with E-state index in [2.05, 4.69) is 10.1 Å². The molecule has 0 atom stereocenters. The molecule has 0 saturated heterocycles. The van der Waals surface area contributed by atoms with Gasteiger partial charge in [0, 0.05) is 12.7 Å². The minimum absolute atomic E-state index is 0.485. The first kappa shape index (κ1) is 16.6. The summed E-state index contributed by atoms with van der Waals surface area (Å²) in [4.78, 5) is 34.7. The molecular formula is C14H18N2O5. The van der Waals surface area contributed by atoms with Crippen molar-refractivity contribution in [1.82, 2.24) is 5.32 Å². The molecule has 0 unspecified atom stereocenters. The first-order valence-electron chi connectivity index (χ1n) is 6.40. The van der Waals surface area contributed by atoms with Crippen LogP contribution >= 0.6 is 0 Å². The van der Waals surface area contributed by atoms with Crippen LogP contribution in [-0.4, -0.2) is 43.3 Å². The van der Waals surface area contributed by atoms with Crippen molar-refractivity contribution in [2.45, 2.75) is 13.3 Å². The number of amides is 3. The fraction of sp³-hybridized carbons (Fsp3) is 0.357. The van der Waals surface area contributed by atoms with Crippen molar-refractivity contribution in [1.29, 1.82) is 0 Å². The van der Waals surface area contributed by atoms with Gasteiger partial charge in [0.05, 0.1) is 0 Å². The Morgan fingerprint density at radius 3 is 2.33 bits per heavy atom. The smallest absolute Gasteiger partial charge is 0.329 e. The molecule has 1 aromatic rings. The van der Waals surface area contributed by atoms with Gasteiger partial charge >= 0.3 is 12.0 Å². The van der Waals surface area contributed by atoms with E-state index >= 15 is 0 Å². The van der Waals surface area contributed by atoms with Crippen LogP contribution in [0.3, 0.4) is 0 Å². The van der Waals surface area contributed by atoms with Gasteiger partial charge in [-0.2, -0.15) is 0 Å². The van der Waals surface area contributed by atoms with E-state index in [0.717, 1.165) is 12.0 Å². The number of carboxylic acid groups (broad SMARTS) is 1. The number of nitrogens with zero attached hydrogens (tertiary/aromatic N) is 1. The standard InChI is InChI=1S/C14H18N2O5/c1-3-10-4-6-11(7-5-10)16(2)14(20)15-12(17)8-21-9-13(18)19/h4-7H,3,8-9H2,1-2H3,(H,18,19)(H,15,17,20). The summed E-state index contributed by atoms with van der Waals surface area (Å²) in [5.74, 6) is -1.87. The van der Waals surface area contributed by atoms with Gasteiger partial charge in [0.25, 0.3) is 5.91 Å². The first-order chi connectivity index (χ1) is 9.93. The number of urea groups is 1. The number of carbonyl (C=O) groups is 3. The summed E-state index contributed by atoms with van der Waals surface area (Å²) in [6, 6.07) is 6.75. The minimum atomic E-state index is -1.18. The van der Waals surface area contributed by atoms with Gasteiger partial charge in [0.1, 0.15) is 13.2 Å². The first-order valence-corrected chi connectivity index (χ1v) is 6.40. The van der Waals surface area contributed by atoms with Gasteiger partial charge in [0.2, 0.25) is 0 Å². The maximum absolute atomic E-state index is 11.8. The summed E-state index contributed by atoms with van der Waals surface area (Å²) in [5, 5.41) is 10.5. The Morgan fingerprint density at radius 1 is 1.19 bits per heavy atom. The number of ether oxygens (including phenoxy) is 1. The fourth-order valence-electron chi connectivity index (χ4n) is 1.54. The highest BCUT2D eigenvalue weighted by Crippen LogP contribution is 2.14. The number of carboxylic acids is 1. The largest absolute Gasteiger partial charge is 0.480 e. The molecule has 0 bridgehead atoms. The van der Waals surface area contributed by atoms with Crippen LogP contribution in [0.1, 0.15) is 12.5 Å². The minimum Gasteiger partial charge on any atom is -0.480 e. The average Bonchev–Trinajstić information content (AvgIpc) is 2.46. The van der Waals surface area contributed by atoms with Gasteiger partial charge in [-0.15, -0.1) is 0 Å². The van der Waals surface area contributed by atoms with Crippen molar-refractivity contribution in [3.8, 4) is 0 Å². The molecule has 114 valence electrons. The van der Waals surface area contributed by atoms with Gasteiger partial charge in [0.15, 0.2) is 0 Å². The molecular weight excluding hydrogens is 276 g/mol. The highest BCUT2D eigenvalue weighted by atomic mass is 16.5. The predicted molar refractivity (Wildman–Crippen MR) is 76.2 cm³/mol. The van der Waals surface area contributed by atoms with Crippen molar-refractivity contribution >= 4 is 23.6 Å². The van der Waals surface area contributed by atoms with Crippen LogP contribution < -0.4 is 10.2 Å². The third kappa shape index (κ3) is 5.62. The lowest BCUT2D eigenvalue weighted by Gasteiger charge is -2.17. The second kappa shape index (κ2) is 8.01. The monoisotopic (exact) mass is 294 g/mol. The van der Waals surface area contributed by atoms with Gasteiger partial charge < -0.3 is 9.84 Å². The maximum atomic E-state index is 11.8. The van der Waals surface area contributed by atoms with Crippen LogP contribution in [0.5, 0.6) is 0 Å². The van der Waals surface area contributed by atoms with Gasteiger partial charge in [-0.25, -0.2) is 9.59 Å². The second-order valence-electron chi connectivity index (χ2n) is 4.32. The number of imide groups is 1. The SMILES string of the molecule is CCc1ccc(N(C)C(=O)NC(=O)COCC(=O)O)cc1. The number of benzene rings is 1. The molecule has 0 spiro atoms. The molecule has 0 aliphatic heterocycles. The number of carbonyl (C=O) groups excluding carboxylic acids is 2. The summed E-state index contributed by atoms with van der Waals surface area (Å²) in [6.45, 7) is 0.956. The molecule has 0 fully saturated rings. The Morgan fingerprint density at radius 2 is 1.81 bits per heavy atom. The molecule has 0 heterocycles. The topological polar surface area (TPSA) is 95.9 Å². The van der Waals surface area contributed by atoms with Crippen molar-refractivity contribution in [2.75, 3.05) is 25.2 Å². The molecule has 7 nitrogen and oxygen atoms in total. The van der Waals surface area contributed by atoms with E-state index < -0.39 is 31.1 Å². The van der Waals surface area contributed by atoms with Crippen LogP contribution in [0.25, 0.3) is 0 Å². The van der Waals surface area contributed by atoms with Gasteiger partial charge in [-0.1, -0.05) is 19.1 Å². The lowest BCUT2D eigenvalue weighted by atomic mass is 10.1. The van der Waals surface area contributed by atoms with E-state index in [0.29, 0.717) is 5.69 Å². The summed E-state index contributed by atoms with van der Waals surface area (Å²) < 4.78 is 4.59. The lowest BCUT2D eigenvalue weighted by Crippen LogP contribution is -2.42. The molecule has 1 rings (SSSR count).